The van der Waals surface area contributed by atoms with Crippen molar-refractivity contribution in [2.45, 2.75) is 0 Å². The molecule has 0 spiro atoms. The van der Waals surface area contributed by atoms with Crippen molar-refractivity contribution in [3.8, 4) is 0 Å². The zero-order valence-corrected chi connectivity index (χ0v) is 6.99. The van der Waals surface area contributed by atoms with Gasteiger partial charge in [-0.3, -0.25) is 5.10 Å². The summed E-state index contributed by atoms with van der Waals surface area (Å²) in [7, 11) is 0. The van der Waals surface area contributed by atoms with E-state index in [-0.39, 0.29) is 0 Å². The molecule has 1 aromatic heterocycles. The van der Waals surface area contributed by atoms with E-state index in [4.69, 9.17) is 5.73 Å². The molecule has 2 rings (SSSR count). The first-order valence-electron chi connectivity index (χ1n) is 3.97. The van der Waals surface area contributed by atoms with Crippen LogP contribution in [0.5, 0.6) is 0 Å². The highest BCUT2D eigenvalue weighted by molar-refractivity contribution is 5.70. The van der Waals surface area contributed by atoms with Gasteiger partial charge >= 0.3 is 0 Å². The highest BCUT2D eigenvalue weighted by Crippen LogP contribution is 2.20. The van der Waals surface area contributed by atoms with Gasteiger partial charge in [0.05, 0.1) is 17.6 Å². The van der Waals surface area contributed by atoms with Crippen molar-refractivity contribution in [1.82, 2.24) is 10.2 Å². The largest absolute Gasteiger partial charge is 0.397 e. The second-order valence-corrected chi connectivity index (χ2v) is 2.68. The van der Waals surface area contributed by atoms with E-state index in [1.807, 2.05) is 30.3 Å². The van der Waals surface area contributed by atoms with Crippen LogP contribution in [-0.2, 0) is 0 Å². The minimum Gasteiger partial charge on any atom is -0.397 e. The lowest BCUT2D eigenvalue weighted by molar-refractivity contribution is 1.09. The average Bonchev–Trinajstić information content (AvgIpc) is 2.61. The molecule has 1 aromatic carbocycles. The minimum atomic E-state index is 0.720. The Bertz CT molecular complexity index is 380. The quantitative estimate of drug-likeness (QED) is 0.607. The van der Waals surface area contributed by atoms with Crippen LogP contribution in [0.3, 0.4) is 0 Å². The third-order valence-electron chi connectivity index (χ3n) is 1.73. The zero-order chi connectivity index (χ0) is 9.10. The molecule has 0 unspecified atom stereocenters. The Balaban J connectivity index is 2.24. The van der Waals surface area contributed by atoms with E-state index in [1.165, 1.54) is 0 Å². The minimum absolute atomic E-state index is 0.720. The summed E-state index contributed by atoms with van der Waals surface area (Å²) in [5.41, 5.74) is 7.34. The highest BCUT2D eigenvalue weighted by Gasteiger charge is 1.97. The number of nitrogens with two attached hydrogens (primary N) is 1. The Kier molecular flexibility index (Phi) is 1.88. The number of nitrogen functional groups attached to an aromatic ring is 1. The second kappa shape index (κ2) is 3.18. The van der Waals surface area contributed by atoms with Crippen LogP contribution in [0, 0.1) is 0 Å². The van der Waals surface area contributed by atoms with E-state index < -0.39 is 0 Å². The summed E-state index contributed by atoms with van der Waals surface area (Å²) < 4.78 is 0. The van der Waals surface area contributed by atoms with Gasteiger partial charge in [-0.2, -0.15) is 5.10 Å². The van der Waals surface area contributed by atoms with Gasteiger partial charge in [-0.25, -0.2) is 0 Å². The SMILES string of the molecule is Nc1ccccc1Nc1ccn[nH]1. The maximum atomic E-state index is 5.74. The molecule has 0 aliphatic rings. The van der Waals surface area contributed by atoms with Gasteiger partial charge in [-0.15, -0.1) is 0 Å². The molecule has 0 bridgehead atoms. The van der Waals surface area contributed by atoms with Gasteiger partial charge in [0, 0.05) is 6.07 Å². The number of aromatic nitrogens is 2. The molecular weight excluding hydrogens is 164 g/mol. The van der Waals surface area contributed by atoms with E-state index in [2.05, 4.69) is 15.5 Å². The van der Waals surface area contributed by atoms with Crippen molar-refractivity contribution < 1.29 is 0 Å². The summed E-state index contributed by atoms with van der Waals surface area (Å²) in [6, 6.07) is 9.42. The smallest absolute Gasteiger partial charge is 0.125 e. The molecule has 4 N–H and O–H groups in total. The molecule has 0 saturated carbocycles. The summed E-state index contributed by atoms with van der Waals surface area (Å²) in [5, 5.41) is 9.72. The van der Waals surface area contributed by atoms with Gasteiger partial charge in [0.2, 0.25) is 0 Å². The molecule has 66 valence electrons. The van der Waals surface area contributed by atoms with Crippen LogP contribution in [-0.4, -0.2) is 10.2 Å². The molecule has 0 fully saturated rings. The summed E-state index contributed by atoms with van der Waals surface area (Å²) in [6.07, 6.45) is 1.68. The number of aromatic amines is 1. The predicted octanol–water partition coefficient (Wildman–Crippen LogP) is 1.74. The Labute approximate surface area is 75.8 Å². The lowest BCUT2D eigenvalue weighted by Gasteiger charge is -2.05. The first kappa shape index (κ1) is 7.67. The van der Waals surface area contributed by atoms with Gasteiger partial charge in [0.1, 0.15) is 5.82 Å². The van der Waals surface area contributed by atoms with E-state index in [9.17, 15) is 0 Å². The summed E-state index contributed by atoms with van der Waals surface area (Å²) in [6.45, 7) is 0. The fourth-order valence-electron chi connectivity index (χ4n) is 1.08. The van der Waals surface area contributed by atoms with Crippen LogP contribution < -0.4 is 11.1 Å². The fourth-order valence-corrected chi connectivity index (χ4v) is 1.08. The summed E-state index contributed by atoms with van der Waals surface area (Å²) in [4.78, 5) is 0. The molecule has 13 heavy (non-hydrogen) atoms. The Morgan fingerprint density at radius 3 is 2.77 bits per heavy atom. The Hall–Kier alpha value is -1.97. The van der Waals surface area contributed by atoms with Gasteiger partial charge in [-0.1, -0.05) is 12.1 Å². The summed E-state index contributed by atoms with van der Waals surface area (Å²) >= 11 is 0. The van der Waals surface area contributed by atoms with Crippen molar-refractivity contribution in [2.75, 3.05) is 11.1 Å². The fraction of sp³-hybridized carbons (Fsp3) is 0. The number of hydrogen-bond donors (Lipinski definition) is 3. The third kappa shape index (κ3) is 1.61. The van der Waals surface area contributed by atoms with Crippen LogP contribution in [0.2, 0.25) is 0 Å². The highest BCUT2D eigenvalue weighted by atomic mass is 15.2. The van der Waals surface area contributed by atoms with Crippen molar-refractivity contribution in [3.05, 3.63) is 36.5 Å². The number of H-pyrrole nitrogens is 1. The van der Waals surface area contributed by atoms with Crippen molar-refractivity contribution in [2.24, 2.45) is 0 Å². The molecule has 4 heteroatoms. The van der Waals surface area contributed by atoms with Gasteiger partial charge in [-0.05, 0) is 12.1 Å². The number of para-hydroxylation sites is 2. The van der Waals surface area contributed by atoms with Gasteiger partial charge < -0.3 is 11.1 Å². The molecule has 0 aliphatic carbocycles. The maximum Gasteiger partial charge on any atom is 0.125 e. The van der Waals surface area contributed by atoms with E-state index in [0.29, 0.717) is 0 Å². The molecule has 0 saturated heterocycles. The van der Waals surface area contributed by atoms with Crippen LogP contribution in [0.1, 0.15) is 0 Å². The Morgan fingerprint density at radius 1 is 1.23 bits per heavy atom. The predicted molar refractivity (Wildman–Crippen MR) is 52.7 cm³/mol. The van der Waals surface area contributed by atoms with Gasteiger partial charge in [0.15, 0.2) is 0 Å². The molecule has 0 radical (unpaired) electrons. The monoisotopic (exact) mass is 174 g/mol. The Morgan fingerprint density at radius 2 is 2.08 bits per heavy atom. The van der Waals surface area contributed by atoms with Crippen LogP contribution >= 0.6 is 0 Å². The van der Waals surface area contributed by atoms with Gasteiger partial charge in [0.25, 0.3) is 0 Å². The standard InChI is InChI=1S/C9H10N4/c10-7-3-1-2-4-8(7)12-9-5-6-11-13-9/h1-6H,10H2,(H2,11,12,13). The second-order valence-electron chi connectivity index (χ2n) is 2.68. The molecule has 0 atom stereocenters. The number of hydrogen-bond acceptors (Lipinski definition) is 3. The molecule has 4 nitrogen and oxygen atoms in total. The number of nitrogens with one attached hydrogen (secondary N) is 2. The average molecular weight is 174 g/mol. The van der Waals surface area contributed by atoms with E-state index >= 15 is 0 Å². The number of nitrogens with zero attached hydrogens (tertiary/aromatic N) is 1. The normalized spacial score (nSPS) is 9.85. The maximum absolute atomic E-state index is 5.74. The molecular formula is C9H10N4. The third-order valence-corrected chi connectivity index (χ3v) is 1.73. The molecule has 0 amide bonds. The number of rotatable bonds is 2. The topological polar surface area (TPSA) is 66.7 Å². The van der Waals surface area contributed by atoms with Crippen molar-refractivity contribution in [3.63, 3.8) is 0 Å². The van der Waals surface area contributed by atoms with Crippen LogP contribution in [0.15, 0.2) is 36.5 Å². The van der Waals surface area contributed by atoms with Crippen molar-refractivity contribution in [1.29, 1.82) is 0 Å². The molecule has 2 aromatic rings. The first-order chi connectivity index (χ1) is 6.36. The van der Waals surface area contributed by atoms with Crippen LogP contribution in [0.25, 0.3) is 0 Å². The molecule has 1 heterocycles. The van der Waals surface area contributed by atoms with E-state index in [0.717, 1.165) is 17.2 Å². The lowest BCUT2D eigenvalue weighted by atomic mass is 10.3. The zero-order valence-electron chi connectivity index (χ0n) is 6.99. The van der Waals surface area contributed by atoms with E-state index in [1.54, 1.807) is 6.20 Å². The molecule has 0 aliphatic heterocycles. The number of anilines is 3. The first-order valence-corrected chi connectivity index (χ1v) is 3.97. The lowest BCUT2D eigenvalue weighted by Crippen LogP contribution is -1.95. The summed E-state index contributed by atoms with van der Waals surface area (Å²) in [5.74, 6) is 0.831. The van der Waals surface area contributed by atoms with Crippen LogP contribution in [0.4, 0.5) is 17.2 Å². The van der Waals surface area contributed by atoms with Crippen molar-refractivity contribution >= 4 is 17.2 Å². The number of benzene rings is 1.